The number of aromatic nitrogens is 1. The van der Waals surface area contributed by atoms with Crippen molar-refractivity contribution in [3.8, 4) is 0 Å². The molecule has 0 atom stereocenters. The maximum atomic E-state index is 12.1. The lowest BCUT2D eigenvalue weighted by molar-refractivity contribution is 0.101. The SMILES string of the molecule is COCc1cc(C(=O)Nc2cccc(CCCCl)c2)no1. The van der Waals surface area contributed by atoms with Crippen LogP contribution < -0.4 is 5.32 Å². The molecule has 0 saturated heterocycles. The van der Waals surface area contributed by atoms with Crippen molar-refractivity contribution in [3.05, 3.63) is 47.3 Å². The van der Waals surface area contributed by atoms with Crippen molar-refractivity contribution < 1.29 is 14.1 Å². The summed E-state index contributed by atoms with van der Waals surface area (Å²) in [6, 6.07) is 9.24. The first-order valence-electron chi connectivity index (χ1n) is 6.63. The molecule has 0 aliphatic heterocycles. The minimum Gasteiger partial charge on any atom is -0.377 e. The second-order valence-corrected chi connectivity index (χ2v) is 4.94. The zero-order chi connectivity index (χ0) is 15.1. The van der Waals surface area contributed by atoms with Crippen molar-refractivity contribution in [3.63, 3.8) is 0 Å². The van der Waals surface area contributed by atoms with Crippen LogP contribution in [0.15, 0.2) is 34.9 Å². The maximum absolute atomic E-state index is 12.1. The highest BCUT2D eigenvalue weighted by atomic mass is 35.5. The lowest BCUT2D eigenvalue weighted by Crippen LogP contribution is -2.12. The molecule has 2 aromatic rings. The first-order valence-corrected chi connectivity index (χ1v) is 7.17. The molecule has 5 nitrogen and oxygen atoms in total. The Morgan fingerprint density at radius 3 is 3.05 bits per heavy atom. The molecular weight excluding hydrogens is 292 g/mol. The number of alkyl halides is 1. The van der Waals surface area contributed by atoms with Crippen LogP contribution in [0.3, 0.4) is 0 Å². The van der Waals surface area contributed by atoms with E-state index in [2.05, 4.69) is 10.5 Å². The topological polar surface area (TPSA) is 64.4 Å². The van der Waals surface area contributed by atoms with E-state index in [4.69, 9.17) is 20.9 Å². The zero-order valence-corrected chi connectivity index (χ0v) is 12.5. The number of carbonyl (C=O) groups is 1. The molecule has 0 fully saturated rings. The molecule has 1 aromatic carbocycles. The van der Waals surface area contributed by atoms with Gasteiger partial charge in [-0.2, -0.15) is 0 Å². The van der Waals surface area contributed by atoms with E-state index in [9.17, 15) is 4.79 Å². The summed E-state index contributed by atoms with van der Waals surface area (Å²) in [5, 5.41) is 6.51. The molecule has 1 amide bonds. The molecule has 0 aliphatic carbocycles. The number of carbonyl (C=O) groups excluding carboxylic acids is 1. The summed E-state index contributed by atoms with van der Waals surface area (Å²) in [7, 11) is 1.55. The lowest BCUT2D eigenvalue weighted by Gasteiger charge is -2.05. The molecule has 1 heterocycles. The average molecular weight is 309 g/mol. The van der Waals surface area contributed by atoms with E-state index in [1.807, 2.05) is 24.3 Å². The number of hydrogen-bond acceptors (Lipinski definition) is 4. The van der Waals surface area contributed by atoms with Crippen LogP contribution in [-0.2, 0) is 17.8 Å². The van der Waals surface area contributed by atoms with Crippen LogP contribution in [0.1, 0.15) is 28.2 Å². The monoisotopic (exact) mass is 308 g/mol. The van der Waals surface area contributed by atoms with E-state index in [1.54, 1.807) is 13.2 Å². The number of benzene rings is 1. The molecule has 0 radical (unpaired) electrons. The summed E-state index contributed by atoms with van der Waals surface area (Å²) in [4.78, 5) is 12.1. The molecule has 112 valence electrons. The normalized spacial score (nSPS) is 10.6. The highest BCUT2D eigenvalue weighted by Gasteiger charge is 2.12. The standard InChI is InChI=1S/C15H17ClN2O3/c1-20-10-13-9-14(18-21-13)15(19)17-12-6-2-4-11(8-12)5-3-7-16/h2,4,6,8-9H,3,5,7,10H2,1H3,(H,17,19). The molecule has 2 rings (SSSR count). The number of halogens is 1. The molecule has 0 saturated carbocycles. The first-order chi connectivity index (χ1) is 10.2. The van der Waals surface area contributed by atoms with Crippen LogP contribution in [-0.4, -0.2) is 24.1 Å². The molecule has 1 aromatic heterocycles. The van der Waals surface area contributed by atoms with Crippen molar-refractivity contribution in [2.45, 2.75) is 19.4 Å². The Kier molecular flexibility index (Phi) is 5.78. The third-order valence-electron chi connectivity index (χ3n) is 2.86. The number of anilines is 1. The van der Waals surface area contributed by atoms with Crippen molar-refractivity contribution in [2.24, 2.45) is 0 Å². The van der Waals surface area contributed by atoms with Gasteiger partial charge in [-0.25, -0.2) is 0 Å². The smallest absolute Gasteiger partial charge is 0.277 e. The summed E-state index contributed by atoms with van der Waals surface area (Å²) >= 11 is 5.68. The van der Waals surface area contributed by atoms with E-state index >= 15 is 0 Å². The fraction of sp³-hybridized carbons (Fsp3) is 0.333. The molecule has 21 heavy (non-hydrogen) atoms. The number of rotatable bonds is 7. The Hall–Kier alpha value is -1.85. The zero-order valence-electron chi connectivity index (χ0n) is 11.8. The summed E-state index contributed by atoms with van der Waals surface area (Å²) in [6.45, 7) is 0.286. The van der Waals surface area contributed by atoms with Crippen LogP contribution in [0.4, 0.5) is 5.69 Å². The van der Waals surface area contributed by atoms with Gasteiger partial charge >= 0.3 is 0 Å². The lowest BCUT2D eigenvalue weighted by atomic mass is 10.1. The van der Waals surface area contributed by atoms with Crippen LogP contribution in [0.2, 0.25) is 0 Å². The summed E-state index contributed by atoms with van der Waals surface area (Å²) in [5.74, 6) is 0.826. The number of ether oxygens (including phenoxy) is 1. The fourth-order valence-corrected chi connectivity index (χ4v) is 2.03. The van der Waals surface area contributed by atoms with Gasteiger partial charge in [0.25, 0.3) is 5.91 Å². The highest BCUT2D eigenvalue weighted by molar-refractivity contribution is 6.17. The van der Waals surface area contributed by atoms with Gasteiger partial charge < -0.3 is 14.6 Å². The van der Waals surface area contributed by atoms with Gasteiger partial charge in [0, 0.05) is 24.7 Å². The minimum absolute atomic E-state index is 0.230. The molecule has 0 spiro atoms. The minimum atomic E-state index is -0.310. The van der Waals surface area contributed by atoms with Crippen molar-refractivity contribution in [1.82, 2.24) is 5.16 Å². The van der Waals surface area contributed by atoms with Gasteiger partial charge in [0.2, 0.25) is 0 Å². The molecule has 0 bridgehead atoms. The predicted octanol–water partition coefficient (Wildman–Crippen LogP) is 3.24. The molecule has 6 heteroatoms. The van der Waals surface area contributed by atoms with Gasteiger partial charge in [-0.15, -0.1) is 11.6 Å². The van der Waals surface area contributed by atoms with E-state index in [1.165, 1.54) is 0 Å². The van der Waals surface area contributed by atoms with Gasteiger partial charge in [-0.05, 0) is 30.5 Å². The van der Waals surface area contributed by atoms with Crippen molar-refractivity contribution in [2.75, 3.05) is 18.3 Å². The van der Waals surface area contributed by atoms with Crippen molar-refractivity contribution in [1.29, 1.82) is 0 Å². The van der Waals surface area contributed by atoms with Gasteiger partial charge in [-0.1, -0.05) is 17.3 Å². The Morgan fingerprint density at radius 1 is 1.43 bits per heavy atom. The summed E-state index contributed by atoms with van der Waals surface area (Å²) in [5.41, 5.74) is 2.09. The van der Waals surface area contributed by atoms with Crippen LogP contribution in [0.5, 0.6) is 0 Å². The second kappa shape index (κ2) is 7.81. The van der Waals surface area contributed by atoms with E-state index in [0.717, 1.165) is 24.1 Å². The second-order valence-electron chi connectivity index (χ2n) is 4.56. The van der Waals surface area contributed by atoms with Crippen LogP contribution in [0.25, 0.3) is 0 Å². The predicted molar refractivity (Wildman–Crippen MR) is 80.7 cm³/mol. The Bertz CT molecular complexity index is 598. The third-order valence-corrected chi connectivity index (χ3v) is 3.13. The largest absolute Gasteiger partial charge is 0.377 e. The molecule has 0 unspecified atom stereocenters. The van der Waals surface area contributed by atoms with Crippen molar-refractivity contribution >= 4 is 23.2 Å². The van der Waals surface area contributed by atoms with Gasteiger partial charge in [0.1, 0.15) is 6.61 Å². The quantitative estimate of drug-likeness (QED) is 0.797. The number of amides is 1. The molecule has 0 aliphatic rings. The Labute approximate surface area is 128 Å². The van der Waals surface area contributed by atoms with Gasteiger partial charge in [-0.3, -0.25) is 4.79 Å². The number of aryl methyl sites for hydroxylation is 1. The maximum Gasteiger partial charge on any atom is 0.277 e. The van der Waals surface area contributed by atoms with Gasteiger partial charge in [0.15, 0.2) is 11.5 Å². The third kappa shape index (κ3) is 4.58. The number of hydrogen-bond donors (Lipinski definition) is 1. The average Bonchev–Trinajstić information content (AvgIpc) is 2.95. The van der Waals surface area contributed by atoms with Gasteiger partial charge in [0.05, 0.1) is 0 Å². The van der Waals surface area contributed by atoms with E-state index in [-0.39, 0.29) is 18.2 Å². The Balaban J connectivity index is 2.01. The number of methoxy groups -OCH3 is 1. The summed E-state index contributed by atoms with van der Waals surface area (Å²) in [6.07, 6.45) is 1.79. The van der Waals surface area contributed by atoms with Crippen LogP contribution >= 0.6 is 11.6 Å². The first kappa shape index (κ1) is 15.5. The number of nitrogens with one attached hydrogen (secondary N) is 1. The van der Waals surface area contributed by atoms with E-state index < -0.39 is 0 Å². The fourth-order valence-electron chi connectivity index (χ4n) is 1.90. The van der Waals surface area contributed by atoms with E-state index in [0.29, 0.717) is 11.6 Å². The molecule has 1 N–H and O–H groups in total. The van der Waals surface area contributed by atoms with Crippen LogP contribution in [0, 0.1) is 0 Å². The summed E-state index contributed by atoms with van der Waals surface area (Å²) < 4.78 is 9.91. The molecular formula is C15H17ClN2O3. The Morgan fingerprint density at radius 2 is 2.29 bits per heavy atom. The highest BCUT2D eigenvalue weighted by Crippen LogP contribution is 2.14. The number of nitrogens with zero attached hydrogens (tertiary/aromatic N) is 1.